The van der Waals surface area contributed by atoms with Gasteiger partial charge < -0.3 is 10.1 Å². The third-order valence-electron chi connectivity index (χ3n) is 2.69. The Morgan fingerprint density at radius 2 is 2.27 bits per heavy atom. The molecule has 0 unspecified atom stereocenters. The standard InChI is InChI=1S/C12H12N2O/c1-2-9-10-8-13-6-7-15-12(10)4-3-11(9)14-5-1/h1-5,13H,6-8H2. The molecule has 15 heavy (non-hydrogen) atoms. The maximum absolute atomic E-state index is 5.67. The SMILES string of the molecule is c1cnc2ccc3c(c2c1)CNCCO3. The van der Waals surface area contributed by atoms with Crippen molar-refractivity contribution >= 4 is 10.9 Å². The van der Waals surface area contributed by atoms with E-state index in [9.17, 15) is 0 Å². The summed E-state index contributed by atoms with van der Waals surface area (Å²) in [7, 11) is 0. The first-order valence-corrected chi connectivity index (χ1v) is 5.15. The van der Waals surface area contributed by atoms with Crippen LogP contribution in [0.2, 0.25) is 0 Å². The van der Waals surface area contributed by atoms with Gasteiger partial charge in [0.1, 0.15) is 12.4 Å². The number of rotatable bonds is 0. The number of aromatic nitrogens is 1. The summed E-state index contributed by atoms with van der Waals surface area (Å²) in [5.74, 6) is 0.987. The summed E-state index contributed by atoms with van der Waals surface area (Å²) in [6, 6.07) is 8.09. The van der Waals surface area contributed by atoms with Gasteiger partial charge in [-0.3, -0.25) is 4.98 Å². The van der Waals surface area contributed by atoms with Gasteiger partial charge in [0.05, 0.1) is 5.52 Å². The molecule has 0 aliphatic carbocycles. The molecule has 0 amide bonds. The van der Waals surface area contributed by atoms with Gasteiger partial charge in [-0.05, 0) is 18.2 Å². The minimum Gasteiger partial charge on any atom is -0.492 e. The molecule has 3 rings (SSSR count). The summed E-state index contributed by atoms with van der Waals surface area (Å²) in [5, 5.41) is 4.53. The monoisotopic (exact) mass is 200 g/mol. The smallest absolute Gasteiger partial charge is 0.124 e. The topological polar surface area (TPSA) is 34.2 Å². The average molecular weight is 200 g/mol. The first-order chi connectivity index (χ1) is 7.45. The van der Waals surface area contributed by atoms with Gasteiger partial charge in [-0.25, -0.2) is 0 Å². The van der Waals surface area contributed by atoms with Crippen LogP contribution in [0.15, 0.2) is 30.5 Å². The molecule has 0 saturated carbocycles. The van der Waals surface area contributed by atoms with Crippen LogP contribution in [0.5, 0.6) is 5.75 Å². The number of nitrogens with zero attached hydrogens (tertiary/aromatic N) is 1. The van der Waals surface area contributed by atoms with Crippen molar-refractivity contribution in [2.75, 3.05) is 13.2 Å². The summed E-state index contributed by atoms with van der Waals surface area (Å²) in [6.45, 7) is 2.49. The molecule has 0 saturated heterocycles. The van der Waals surface area contributed by atoms with Crippen molar-refractivity contribution in [1.82, 2.24) is 10.3 Å². The van der Waals surface area contributed by atoms with Crippen LogP contribution in [0, 0.1) is 0 Å². The summed E-state index contributed by atoms with van der Waals surface area (Å²) in [5.41, 5.74) is 2.25. The van der Waals surface area contributed by atoms with Gasteiger partial charge in [0.25, 0.3) is 0 Å². The van der Waals surface area contributed by atoms with E-state index in [1.54, 1.807) is 0 Å². The number of nitrogens with one attached hydrogen (secondary N) is 1. The van der Waals surface area contributed by atoms with Gasteiger partial charge >= 0.3 is 0 Å². The van der Waals surface area contributed by atoms with Crippen molar-refractivity contribution in [3.05, 3.63) is 36.0 Å². The van der Waals surface area contributed by atoms with Gasteiger partial charge in [-0.1, -0.05) is 6.07 Å². The van der Waals surface area contributed by atoms with E-state index in [1.165, 1.54) is 10.9 Å². The van der Waals surface area contributed by atoms with Crippen LogP contribution >= 0.6 is 0 Å². The Labute approximate surface area is 88.1 Å². The second-order valence-corrected chi connectivity index (χ2v) is 3.64. The lowest BCUT2D eigenvalue weighted by atomic mass is 10.1. The number of ether oxygens (including phenoxy) is 1. The molecule has 3 nitrogen and oxygen atoms in total. The predicted molar refractivity (Wildman–Crippen MR) is 58.9 cm³/mol. The largest absolute Gasteiger partial charge is 0.492 e. The highest BCUT2D eigenvalue weighted by atomic mass is 16.5. The molecule has 1 aromatic carbocycles. The number of fused-ring (bicyclic) bond motifs is 3. The zero-order chi connectivity index (χ0) is 10.1. The molecule has 0 spiro atoms. The lowest BCUT2D eigenvalue weighted by Gasteiger charge is -2.08. The van der Waals surface area contributed by atoms with Gasteiger partial charge in [-0.2, -0.15) is 0 Å². The van der Waals surface area contributed by atoms with E-state index < -0.39 is 0 Å². The van der Waals surface area contributed by atoms with Crippen LogP contribution in [-0.4, -0.2) is 18.1 Å². The molecular formula is C12H12N2O. The first-order valence-electron chi connectivity index (χ1n) is 5.15. The molecule has 1 aliphatic heterocycles. The maximum atomic E-state index is 5.67. The minimum absolute atomic E-state index is 0.735. The van der Waals surface area contributed by atoms with Crippen molar-refractivity contribution in [2.24, 2.45) is 0 Å². The molecular weight excluding hydrogens is 188 g/mol. The highest BCUT2D eigenvalue weighted by molar-refractivity contribution is 5.84. The fourth-order valence-electron chi connectivity index (χ4n) is 1.96. The molecule has 0 radical (unpaired) electrons. The quantitative estimate of drug-likeness (QED) is 0.703. The Morgan fingerprint density at radius 3 is 3.27 bits per heavy atom. The molecule has 76 valence electrons. The Morgan fingerprint density at radius 1 is 1.27 bits per heavy atom. The molecule has 1 aromatic heterocycles. The number of hydrogen-bond donors (Lipinski definition) is 1. The number of hydrogen-bond acceptors (Lipinski definition) is 3. The number of pyridine rings is 1. The van der Waals surface area contributed by atoms with E-state index in [4.69, 9.17) is 4.74 Å². The minimum atomic E-state index is 0.735. The second-order valence-electron chi connectivity index (χ2n) is 3.64. The van der Waals surface area contributed by atoms with E-state index in [2.05, 4.69) is 16.4 Å². The zero-order valence-corrected chi connectivity index (χ0v) is 8.36. The Hall–Kier alpha value is -1.61. The van der Waals surface area contributed by atoms with E-state index in [0.29, 0.717) is 0 Å². The molecule has 0 atom stereocenters. The normalized spacial score (nSPS) is 15.5. The lowest BCUT2D eigenvalue weighted by molar-refractivity contribution is 0.326. The first kappa shape index (κ1) is 8.68. The Balaban J connectivity index is 2.27. The molecule has 2 heterocycles. The van der Waals surface area contributed by atoms with E-state index in [1.807, 2.05) is 24.4 Å². The Kier molecular flexibility index (Phi) is 2.03. The van der Waals surface area contributed by atoms with Gasteiger partial charge in [0.15, 0.2) is 0 Å². The van der Waals surface area contributed by atoms with E-state index >= 15 is 0 Å². The number of benzene rings is 1. The molecule has 3 heteroatoms. The molecule has 0 fully saturated rings. The Bertz CT molecular complexity index is 496. The summed E-state index contributed by atoms with van der Waals surface area (Å²) < 4.78 is 5.67. The van der Waals surface area contributed by atoms with Gasteiger partial charge in [0.2, 0.25) is 0 Å². The van der Waals surface area contributed by atoms with Crippen molar-refractivity contribution < 1.29 is 4.74 Å². The van der Waals surface area contributed by atoms with Crippen LogP contribution in [0.3, 0.4) is 0 Å². The molecule has 1 aliphatic rings. The van der Waals surface area contributed by atoms with Crippen LogP contribution in [0.4, 0.5) is 0 Å². The summed E-state index contributed by atoms with van der Waals surface area (Å²) in [6.07, 6.45) is 1.82. The van der Waals surface area contributed by atoms with Gasteiger partial charge in [-0.15, -0.1) is 0 Å². The van der Waals surface area contributed by atoms with Crippen LogP contribution in [0.1, 0.15) is 5.56 Å². The van der Waals surface area contributed by atoms with E-state index in [0.717, 1.165) is 31.0 Å². The van der Waals surface area contributed by atoms with Gasteiger partial charge in [0, 0.05) is 30.2 Å². The molecule has 1 N–H and O–H groups in total. The summed E-state index contributed by atoms with van der Waals surface area (Å²) >= 11 is 0. The van der Waals surface area contributed by atoms with Crippen molar-refractivity contribution in [1.29, 1.82) is 0 Å². The third-order valence-corrected chi connectivity index (χ3v) is 2.69. The van der Waals surface area contributed by atoms with Crippen LogP contribution < -0.4 is 10.1 Å². The fraction of sp³-hybridized carbons (Fsp3) is 0.250. The molecule has 2 aromatic rings. The highest BCUT2D eigenvalue weighted by Gasteiger charge is 2.11. The average Bonchev–Trinajstić information content (AvgIpc) is 2.54. The third kappa shape index (κ3) is 1.45. The summed E-state index contributed by atoms with van der Waals surface area (Å²) in [4.78, 5) is 4.34. The van der Waals surface area contributed by atoms with Crippen molar-refractivity contribution in [2.45, 2.75) is 6.54 Å². The lowest BCUT2D eigenvalue weighted by Crippen LogP contribution is -2.16. The maximum Gasteiger partial charge on any atom is 0.124 e. The second kappa shape index (κ2) is 3.51. The van der Waals surface area contributed by atoms with Crippen LogP contribution in [-0.2, 0) is 6.54 Å². The van der Waals surface area contributed by atoms with Crippen molar-refractivity contribution in [3.63, 3.8) is 0 Å². The van der Waals surface area contributed by atoms with Crippen molar-refractivity contribution in [3.8, 4) is 5.75 Å². The predicted octanol–water partition coefficient (Wildman–Crippen LogP) is 1.72. The highest BCUT2D eigenvalue weighted by Crippen LogP contribution is 2.27. The zero-order valence-electron chi connectivity index (χ0n) is 8.36. The van der Waals surface area contributed by atoms with E-state index in [-0.39, 0.29) is 0 Å². The van der Waals surface area contributed by atoms with Crippen LogP contribution in [0.25, 0.3) is 10.9 Å². The fourth-order valence-corrected chi connectivity index (χ4v) is 1.96. The molecule has 0 bridgehead atoms.